The van der Waals surface area contributed by atoms with Crippen LogP contribution in [0.5, 0.6) is 5.75 Å². The maximum Gasteiger partial charge on any atom is 0.246 e. The summed E-state index contributed by atoms with van der Waals surface area (Å²) >= 11 is 1.86. The second-order valence-electron chi connectivity index (χ2n) is 8.49. The Labute approximate surface area is 208 Å². The molecule has 0 saturated carbocycles. The van der Waals surface area contributed by atoms with Gasteiger partial charge in [0.15, 0.2) is 0 Å². The number of carbonyl (C=O) groups is 1. The molecule has 0 saturated heterocycles. The number of hydrogen-bond donors (Lipinski definition) is 2. The molecule has 1 aliphatic rings. The predicted octanol–water partition coefficient (Wildman–Crippen LogP) is 5.26. The number of nitrogens with zero attached hydrogens (tertiary/aromatic N) is 2. The van der Waals surface area contributed by atoms with E-state index in [2.05, 4.69) is 29.5 Å². The van der Waals surface area contributed by atoms with Crippen LogP contribution in [0.15, 0.2) is 72.7 Å². The molecule has 1 aliphatic carbocycles. The summed E-state index contributed by atoms with van der Waals surface area (Å²) in [5.74, 6) is 1.96. The SMILES string of the molecule is CCSCc1ccc([C@@H](Oc2ccc3c(cnn3C3C=CC(F)=CC3)c2)[C@H](C)NC(=O)CO)cc1. The van der Waals surface area contributed by atoms with Gasteiger partial charge in [-0.2, -0.15) is 16.9 Å². The van der Waals surface area contributed by atoms with Crippen LogP contribution >= 0.6 is 11.8 Å². The zero-order chi connectivity index (χ0) is 24.8. The minimum absolute atomic E-state index is 0.0374. The molecule has 0 fully saturated rings. The molecule has 0 spiro atoms. The van der Waals surface area contributed by atoms with Gasteiger partial charge in [0.2, 0.25) is 5.91 Å². The summed E-state index contributed by atoms with van der Waals surface area (Å²) in [6, 6.07) is 13.5. The first-order valence-electron chi connectivity index (χ1n) is 11.7. The van der Waals surface area contributed by atoms with Crippen molar-refractivity contribution in [3.8, 4) is 5.75 Å². The number of allylic oxidation sites excluding steroid dienone is 4. The maximum atomic E-state index is 13.4. The molecule has 2 aromatic carbocycles. The third-order valence-corrected chi connectivity index (χ3v) is 6.89. The number of halogens is 1. The van der Waals surface area contributed by atoms with Crippen LogP contribution in [-0.4, -0.2) is 39.2 Å². The third-order valence-electron chi connectivity index (χ3n) is 5.94. The second kappa shape index (κ2) is 11.6. The van der Waals surface area contributed by atoms with Crippen molar-refractivity contribution in [3.63, 3.8) is 0 Å². The average molecular weight is 496 g/mol. The lowest BCUT2D eigenvalue weighted by atomic mass is 10.0. The van der Waals surface area contributed by atoms with Gasteiger partial charge in [0.05, 0.1) is 23.8 Å². The Kier molecular flexibility index (Phi) is 8.25. The number of hydrogen-bond acceptors (Lipinski definition) is 5. The molecule has 8 heteroatoms. The first-order valence-corrected chi connectivity index (χ1v) is 12.9. The highest BCUT2D eigenvalue weighted by molar-refractivity contribution is 7.98. The Morgan fingerprint density at radius 1 is 1.31 bits per heavy atom. The summed E-state index contributed by atoms with van der Waals surface area (Å²) in [6.45, 7) is 3.42. The molecule has 6 nitrogen and oxygen atoms in total. The Morgan fingerprint density at radius 2 is 2.11 bits per heavy atom. The number of benzene rings is 2. The summed E-state index contributed by atoms with van der Waals surface area (Å²) in [5.41, 5.74) is 3.09. The highest BCUT2D eigenvalue weighted by atomic mass is 32.2. The van der Waals surface area contributed by atoms with E-state index < -0.39 is 18.6 Å². The van der Waals surface area contributed by atoms with Crippen molar-refractivity contribution >= 4 is 28.6 Å². The van der Waals surface area contributed by atoms with Crippen LogP contribution in [-0.2, 0) is 10.5 Å². The first-order chi connectivity index (χ1) is 17.0. The number of aromatic nitrogens is 2. The van der Waals surface area contributed by atoms with Gasteiger partial charge in [0, 0.05) is 11.1 Å². The summed E-state index contributed by atoms with van der Waals surface area (Å²) in [7, 11) is 0. The van der Waals surface area contributed by atoms with E-state index in [0.717, 1.165) is 28.0 Å². The van der Waals surface area contributed by atoms with Crippen molar-refractivity contribution in [3.05, 3.63) is 83.8 Å². The molecule has 1 heterocycles. The quantitative estimate of drug-likeness (QED) is 0.401. The smallest absolute Gasteiger partial charge is 0.246 e. The fraction of sp³-hybridized carbons (Fsp3) is 0.333. The molecular weight excluding hydrogens is 465 g/mol. The first kappa shape index (κ1) is 25.0. The number of thioether (sulfide) groups is 1. The zero-order valence-corrected chi connectivity index (χ0v) is 20.7. The van der Waals surface area contributed by atoms with E-state index in [1.807, 2.05) is 59.8 Å². The molecule has 0 aliphatic heterocycles. The van der Waals surface area contributed by atoms with E-state index in [-0.39, 0.29) is 17.9 Å². The van der Waals surface area contributed by atoms with Crippen molar-refractivity contribution in [1.82, 2.24) is 15.1 Å². The molecule has 3 atom stereocenters. The van der Waals surface area contributed by atoms with Crippen LogP contribution in [0, 0.1) is 0 Å². The van der Waals surface area contributed by atoms with Crippen LogP contribution in [0.3, 0.4) is 0 Å². The van der Waals surface area contributed by atoms with Crippen LogP contribution in [0.2, 0.25) is 0 Å². The molecule has 3 aromatic rings. The number of nitrogens with one attached hydrogen (secondary N) is 1. The topological polar surface area (TPSA) is 76.4 Å². The summed E-state index contributed by atoms with van der Waals surface area (Å²) in [6.07, 6.45) is 6.72. The molecule has 1 unspecified atom stereocenters. The third kappa shape index (κ3) is 6.13. The Morgan fingerprint density at radius 3 is 2.80 bits per heavy atom. The summed E-state index contributed by atoms with van der Waals surface area (Å²) in [4.78, 5) is 11.9. The van der Waals surface area contributed by atoms with Gasteiger partial charge >= 0.3 is 0 Å². The lowest BCUT2D eigenvalue weighted by Crippen LogP contribution is -2.40. The highest BCUT2D eigenvalue weighted by Gasteiger charge is 2.24. The maximum absolute atomic E-state index is 13.4. The summed E-state index contributed by atoms with van der Waals surface area (Å²) < 4.78 is 21.6. The van der Waals surface area contributed by atoms with E-state index >= 15 is 0 Å². The van der Waals surface area contributed by atoms with Crippen LogP contribution in [0.25, 0.3) is 10.9 Å². The fourth-order valence-corrected chi connectivity index (χ4v) is 4.77. The van der Waals surface area contributed by atoms with Crippen LogP contribution in [0.1, 0.15) is 43.5 Å². The van der Waals surface area contributed by atoms with Gasteiger partial charge in [-0.25, -0.2) is 4.39 Å². The monoisotopic (exact) mass is 495 g/mol. The van der Waals surface area contributed by atoms with Gasteiger partial charge in [0.25, 0.3) is 0 Å². The van der Waals surface area contributed by atoms with Crippen LogP contribution < -0.4 is 10.1 Å². The van der Waals surface area contributed by atoms with Gasteiger partial charge in [-0.3, -0.25) is 9.48 Å². The minimum Gasteiger partial charge on any atom is -0.484 e. The van der Waals surface area contributed by atoms with Crippen molar-refractivity contribution in [2.24, 2.45) is 0 Å². The molecule has 2 N–H and O–H groups in total. The van der Waals surface area contributed by atoms with Crippen molar-refractivity contribution < 1.29 is 19.0 Å². The van der Waals surface area contributed by atoms with E-state index in [1.54, 1.807) is 12.3 Å². The van der Waals surface area contributed by atoms with Crippen molar-refractivity contribution in [2.45, 2.75) is 44.2 Å². The average Bonchev–Trinajstić information content (AvgIpc) is 3.30. The number of ether oxygens (including phenoxy) is 1. The molecule has 35 heavy (non-hydrogen) atoms. The molecule has 0 bridgehead atoms. The minimum atomic E-state index is -0.579. The number of carbonyl (C=O) groups excluding carboxylic acids is 1. The molecule has 1 amide bonds. The highest BCUT2D eigenvalue weighted by Crippen LogP contribution is 2.31. The fourth-order valence-electron chi connectivity index (χ4n) is 4.14. The molecule has 4 rings (SSSR count). The standard InChI is InChI=1S/C27H30FN3O3S/c1-3-35-17-19-4-6-20(7-5-19)27(18(2)30-26(33)16-32)34-24-12-13-25-21(14-24)15-29-31(25)23-10-8-22(28)9-11-23/h4-10,12-15,18,23,27,32H,3,11,16-17H2,1-2H3,(H,30,33)/t18-,23?,27-/m0/s1. The van der Waals surface area contributed by atoms with E-state index in [1.165, 1.54) is 11.6 Å². The Bertz CT molecular complexity index is 1220. The van der Waals surface area contributed by atoms with Gasteiger partial charge in [-0.05, 0) is 60.6 Å². The van der Waals surface area contributed by atoms with Gasteiger partial charge < -0.3 is 15.2 Å². The number of amides is 1. The van der Waals surface area contributed by atoms with E-state index in [4.69, 9.17) is 4.74 Å². The molecular formula is C27H30FN3O3S. The number of aliphatic hydroxyl groups excluding tert-OH is 1. The molecule has 1 aromatic heterocycles. The van der Waals surface area contributed by atoms with Gasteiger partial charge in [-0.1, -0.05) is 37.3 Å². The predicted molar refractivity (Wildman–Crippen MR) is 138 cm³/mol. The van der Waals surface area contributed by atoms with E-state index in [9.17, 15) is 14.3 Å². The second-order valence-corrected chi connectivity index (χ2v) is 9.77. The lowest BCUT2D eigenvalue weighted by molar-refractivity contribution is -0.125. The number of rotatable bonds is 10. The largest absolute Gasteiger partial charge is 0.484 e. The zero-order valence-electron chi connectivity index (χ0n) is 19.9. The molecule has 0 radical (unpaired) electrons. The Balaban J connectivity index is 1.57. The number of fused-ring (bicyclic) bond motifs is 1. The number of aliphatic hydroxyl groups is 1. The summed E-state index contributed by atoms with van der Waals surface area (Å²) in [5, 5.41) is 17.4. The van der Waals surface area contributed by atoms with Gasteiger partial charge in [-0.15, -0.1) is 0 Å². The lowest BCUT2D eigenvalue weighted by Gasteiger charge is -2.26. The Hall–Kier alpha value is -3.10. The van der Waals surface area contributed by atoms with Gasteiger partial charge in [0.1, 0.15) is 24.3 Å². The van der Waals surface area contributed by atoms with E-state index in [0.29, 0.717) is 12.2 Å². The van der Waals surface area contributed by atoms with Crippen LogP contribution in [0.4, 0.5) is 4.39 Å². The normalized spacial score (nSPS) is 17.1. The molecule has 184 valence electrons. The van der Waals surface area contributed by atoms with Crippen molar-refractivity contribution in [1.29, 1.82) is 0 Å². The van der Waals surface area contributed by atoms with Crippen molar-refractivity contribution in [2.75, 3.05) is 12.4 Å².